The van der Waals surface area contributed by atoms with Gasteiger partial charge in [-0.15, -0.1) is 0 Å². The summed E-state index contributed by atoms with van der Waals surface area (Å²) in [5, 5.41) is 0. The molecule has 3 heteroatoms. The van der Waals surface area contributed by atoms with Crippen molar-refractivity contribution in [2.75, 3.05) is 7.11 Å². The maximum atomic E-state index is 11.8. The molecule has 0 heterocycles. The van der Waals surface area contributed by atoms with Gasteiger partial charge in [-0.25, -0.2) is 0 Å². The average molecular weight is 265 g/mol. The average Bonchev–Trinajstić information content (AvgIpc) is 2.94. The molecular formula is C15H17ClO2. The minimum atomic E-state index is -0.156. The molecule has 0 aromatic heterocycles. The molecule has 0 saturated heterocycles. The van der Waals surface area contributed by atoms with Crippen LogP contribution in [0.2, 0.25) is 0 Å². The predicted molar refractivity (Wildman–Crippen MR) is 73.0 cm³/mol. The van der Waals surface area contributed by atoms with Crippen molar-refractivity contribution >= 4 is 23.1 Å². The van der Waals surface area contributed by atoms with Crippen LogP contribution in [0.3, 0.4) is 0 Å². The number of esters is 1. The van der Waals surface area contributed by atoms with Crippen LogP contribution >= 0.6 is 11.6 Å². The Morgan fingerprint density at radius 1 is 1.28 bits per heavy atom. The third kappa shape index (κ3) is 2.05. The van der Waals surface area contributed by atoms with Gasteiger partial charge in [0.05, 0.1) is 13.0 Å². The molecule has 2 rings (SSSR count). The molecule has 0 radical (unpaired) electrons. The van der Waals surface area contributed by atoms with Crippen molar-refractivity contribution in [3.05, 3.63) is 41.4 Å². The van der Waals surface area contributed by atoms with E-state index in [1.165, 1.54) is 7.11 Å². The molecular weight excluding hydrogens is 248 g/mol. The van der Waals surface area contributed by atoms with E-state index in [-0.39, 0.29) is 23.2 Å². The lowest BCUT2D eigenvalue weighted by molar-refractivity contribution is -0.143. The maximum absolute atomic E-state index is 11.8. The molecule has 0 spiro atoms. The molecule has 1 fully saturated rings. The summed E-state index contributed by atoms with van der Waals surface area (Å²) in [5.74, 6) is -0.130. The Bertz CT molecular complexity index is 477. The van der Waals surface area contributed by atoms with Gasteiger partial charge < -0.3 is 4.74 Å². The van der Waals surface area contributed by atoms with E-state index >= 15 is 0 Å². The summed E-state index contributed by atoms with van der Waals surface area (Å²) in [5.41, 5.74) is 3.57. The predicted octanol–water partition coefficient (Wildman–Crippen LogP) is 3.71. The summed E-state index contributed by atoms with van der Waals surface area (Å²) in [6, 6.07) is 9.93. The molecule has 1 aromatic carbocycles. The van der Waals surface area contributed by atoms with Gasteiger partial charge >= 0.3 is 5.97 Å². The van der Waals surface area contributed by atoms with Crippen LogP contribution in [-0.4, -0.2) is 13.1 Å². The molecule has 2 unspecified atom stereocenters. The molecule has 1 aliphatic carbocycles. The van der Waals surface area contributed by atoms with E-state index in [1.807, 2.05) is 30.3 Å². The van der Waals surface area contributed by atoms with E-state index < -0.39 is 0 Å². The van der Waals surface area contributed by atoms with Gasteiger partial charge in [0.15, 0.2) is 0 Å². The normalized spacial score (nSPS) is 25.7. The second kappa shape index (κ2) is 4.77. The smallest absolute Gasteiger partial charge is 0.309 e. The first-order valence-electron chi connectivity index (χ1n) is 5.97. The highest BCUT2D eigenvalue weighted by Gasteiger charge is 2.63. The van der Waals surface area contributed by atoms with Crippen molar-refractivity contribution in [3.8, 4) is 0 Å². The Morgan fingerprint density at radius 2 is 1.89 bits per heavy atom. The number of rotatable bonds is 3. The lowest BCUT2D eigenvalue weighted by Crippen LogP contribution is -2.07. The molecule has 1 aromatic rings. The molecule has 1 saturated carbocycles. The number of carbonyl (C=O) groups excluding carboxylic acids is 1. The van der Waals surface area contributed by atoms with Crippen LogP contribution in [0, 0.1) is 17.3 Å². The minimum absolute atomic E-state index is 0.0936. The van der Waals surface area contributed by atoms with Crippen LogP contribution in [0.5, 0.6) is 0 Å². The van der Waals surface area contributed by atoms with Gasteiger partial charge in [0.2, 0.25) is 0 Å². The first-order chi connectivity index (χ1) is 8.54. The van der Waals surface area contributed by atoms with Gasteiger partial charge in [0, 0.05) is 11.5 Å². The van der Waals surface area contributed by atoms with Gasteiger partial charge in [0.1, 0.15) is 0 Å². The number of allylic oxidation sites excluding steroid dienone is 1. The van der Waals surface area contributed by atoms with Crippen LogP contribution in [0.25, 0.3) is 5.57 Å². The summed E-state index contributed by atoms with van der Waals surface area (Å²) >= 11 is 5.96. The number of methoxy groups -OCH3 is 1. The molecule has 0 amide bonds. The summed E-state index contributed by atoms with van der Waals surface area (Å²) in [6.45, 7) is 4.14. The van der Waals surface area contributed by atoms with Gasteiger partial charge in [-0.3, -0.25) is 4.79 Å². The van der Waals surface area contributed by atoms with E-state index in [0.717, 1.165) is 11.1 Å². The molecule has 0 bridgehead atoms. The Labute approximate surface area is 113 Å². The lowest BCUT2D eigenvalue weighted by atomic mass is 9.98. The van der Waals surface area contributed by atoms with E-state index in [4.69, 9.17) is 16.3 Å². The Balaban J connectivity index is 2.30. The fraction of sp³-hybridized carbons (Fsp3) is 0.400. The SMILES string of the molecule is COC(=O)C1C(C(=CCl)c2ccccc2)C1(C)C. The van der Waals surface area contributed by atoms with Crippen LogP contribution in [0.1, 0.15) is 19.4 Å². The summed E-state index contributed by atoms with van der Waals surface area (Å²) in [4.78, 5) is 11.8. The quantitative estimate of drug-likeness (QED) is 0.778. The number of hydrogen-bond donors (Lipinski definition) is 0. The highest BCUT2D eigenvalue weighted by molar-refractivity contribution is 6.28. The number of benzene rings is 1. The van der Waals surface area contributed by atoms with Crippen LogP contribution < -0.4 is 0 Å². The lowest BCUT2D eigenvalue weighted by Gasteiger charge is -2.07. The second-order valence-electron chi connectivity index (χ2n) is 5.23. The van der Waals surface area contributed by atoms with Crippen molar-refractivity contribution in [1.29, 1.82) is 0 Å². The second-order valence-corrected chi connectivity index (χ2v) is 5.45. The van der Waals surface area contributed by atoms with Crippen molar-refractivity contribution in [2.45, 2.75) is 13.8 Å². The summed E-state index contributed by atoms with van der Waals surface area (Å²) in [7, 11) is 1.43. The fourth-order valence-corrected chi connectivity index (χ4v) is 2.99. The highest BCUT2D eigenvalue weighted by Crippen LogP contribution is 2.64. The van der Waals surface area contributed by atoms with Crippen molar-refractivity contribution in [2.24, 2.45) is 17.3 Å². The van der Waals surface area contributed by atoms with Crippen LogP contribution in [0.4, 0.5) is 0 Å². The largest absolute Gasteiger partial charge is 0.469 e. The molecule has 1 aliphatic rings. The third-order valence-corrected chi connectivity index (χ3v) is 4.08. The summed E-state index contributed by atoms with van der Waals surface area (Å²) < 4.78 is 4.86. The van der Waals surface area contributed by atoms with Gasteiger partial charge in [0.25, 0.3) is 0 Å². The zero-order valence-electron chi connectivity index (χ0n) is 10.8. The standard InChI is InChI=1S/C15H17ClO2/c1-15(2)12(13(15)14(17)18-3)11(9-16)10-7-5-4-6-8-10/h4-9,12-13H,1-3H3. The zero-order chi connectivity index (χ0) is 13.3. The maximum Gasteiger partial charge on any atom is 0.309 e. The molecule has 2 nitrogen and oxygen atoms in total. The monoisotopic (exact) mass is 264 g/mol. The third-order valence-electron chi connectivity index (χ3n) is 3.84. The summed E-state index contributed by atoms with van der Waals surface area (Å²) in [6.07, 6.45) is 0. The number of hydrogen-bond acceptors (Lipinski definition) is 2. The first kappa shape index (κ1) is 13.2. The van der Waals surface area contributed by atoms with E-state index in [0.29, 0.717) is 0 Å². The Kier molecular flexibility index (Phi) is 3.49. The van der Waals surface area contributed by atoms with Gasteiger partial charge in [-0.1, -0.05) is 55.8 Å². The van der Waals surface area contributed by atoms with Gasteiger partial charge in [-0.05, 0) is 16.6 Å². The molecule has 2 atom stereocenters. The zero-order valence-corrected chi connectivity index (χ0v) is 11.6. The number of halogens is 1. The van der Waals surface area contributed by atoms with E-state index in [9.17, 15) is 4.79 Å². The minimum Gasteiger partial charge on any atom is -0.469 e. The Hall–Kier alpha value is -1.28. The van der Waals surface area contributed by atoms with Crippen molar-refractivity contribution in [3.63, 3.8) is 0 Å². The Morgan fingerprint density at radius 3 is 2.39 bits per heavy atom. The molecule has 0 aliphatic heterocycles. The van der Waals surface area contributed by atoms with Gasteiger partial charge in [-0.2, -0.15) is 0 Å². The number of carbonyl (C=O) groups is 1. The van der Waals surface area contributed by atoms with E-state index in [2.05, 4.69) is 13.8 Å². The highest BCUT2D eigenvalue weighted by atomic mass is 35.5. The number of ether oxygens (including phenoxy) is 1. The molecule has 18 heavy (non-hydrogen) atoms. The van der Waals surface area contributed by atoms with Crippen LogP contribution in [0.15, 0.2) is 35.9 Å². The van der Waals surface area contributed by atoms with Crippen LogP contribution in [-0.2, 0) is 9.53 Å². The fourth-order valence-electron chi connectivity index (χ4n) is 2.73. The van der Waals surface area contributed by atoms with Crippen molar-refractivity contribution in [1.82, 2.24) is 0 Å². The molecule has 96 valence electrons. The topological polar surface area (TPSA) is 26.3 Å². The van der Waals surface area contributed by atoms with E-state index in [1.54, 1.807) is 5.54 Å². The molecule has 0 N–H and O–H groups in total. The van der Waals surface area contributed by atoms with Crippen molar-refractivity contribution < 1.29 is 9.53 Å². The first-order valence-corrected chi connectivity index (χ1v) is 6.41.